The van der Waals surface area contributed by atoms with Gasteiger partial charge in [-0.05, 0) is 48.4 Å². The molecule has 0 fully saturated rings. The molecule has 3 aromatic rings. The maximum atomic E-state index is 13.2. The van der Waals surface area contributed by atoms with Crippen LogP contribution in [0.2, 0.25) is 0 Å². The summed E-state index contributed by atoms with van der Waals surface area (Å²) in [5, 5.41) is 16.9. The monoisotopic (exact) mass is 465 g/mol. The molecule has 2 N–H and O–H groups in total. The smallest absolute Gasteiger partial charge is 0.416 e. The second kappa shape index (κ2) is 10.0. The topological polar surface area (TPSA) is 76.4 Å². The fourth-order valence-corrected chi connectivity index (χ4v) is 3.20. The van der Waals surface area contributed by atoms with Gasteiger partial charge in [0.15, 0.2) is 0 Å². The number of amides is 1. The van der Waals surface area contributed by atoms with Crippen LogP contribution in [0.15, 0.2) is 54.7 Å². The third kappa shape index (κ3) is 6.10. The lowest BCUT2D eigenvalue weighted by molar-refractivity contribution is -0.137. The number of aliphatic hydroxyl groups excluding tert-OH is 1. The van der Waals surface area contributed by atoms with Crippen LogP contribution in [0.1, 0.15) is 41.4 Å². The first-order valence-electron chi connectivity index (χ1n) is 10.2. The number of nitrogens with zero attached hydrogens (tertiary/aromatic N) is 2. The highest BCUT2D eigenvalue weighted by Crippen LogP contribution is 2.31. The number of nitrogens with one attached hydrogen (secondary N) is 1. The molecule has 0 aliphatic rings. The Bertz CT molecular complexity index is 1100. The maximum Gasteiger partial charge on any atom is 0.416 e. The third-order valence-corrected chi connectivity index (χ3v) is 4.77. The van der Waals surface area contributed by atoms with Gasteiger partial charge in [-0.2, -0.15) is 18.3 Å². The summed E-state index contributed by atoms with van der Waals surface area (Å²) in [5.41, 5.74) is 0.630. The van der Waals surface area contributed by atoms with Gasteiger partial charge in [0.1, 0.15) is 24.3 Å². The molecule has 10 heteroatoms. The Labute approximate surface area is 187 Å². The Balaban J connectivity index is 1.62. The van der Waals surface area contributed by atoms with E-state index in [1.807, 2.05) is 13.8 Å². The van der Waals surface area contributed by atoms with E-state index in [0.717, 1.165) is 12.1 Å². The summed E-state index contributed by atoms with van der Waals surface area (Å²) in [5.74, 6) is -1.01. The number of benzene rings is 2. The Morgan fingerprint density at radius 1 is 1.18 bits per heavy atom. The van der Waals surface area contributed by atoms with Gasteiger partial charge < -0.3 is 15.2 Å². The second-order valence-corrected chi connectivity index (χ2v) is 7.69. The summed E-state index contributed by atoms with van der Waals surface area (Å²) in [4.78, 5) is 12.7. The average Bonchev–Trinajstić information content (AvgIpc) is 3.22. The highest BCUT2D eigenvalue weighted by Gasteiger charge is 2.30. The minimum Gasteiger partial charge on any atom is -0.491 e. The number of hydrogen-bond acceptors (Lipinski definition) is 4. The molecule has 1 heterocycles. The molecule has 176 valence electrons. The van der Waals surface area contributed by atoms with Gasteiger partial charge in [-0.15, -0.1) is 0 Å². The highest BCUT2D eigenvalue weighted by atomic mass is 19.4. The van der Waals surface area contributed by atoms with E-state index in [4.69, 9.17) is 4.74 Å². The first-order chi connectivity index (χ1) is 15.6. The van der Waals surface area contributed by atoms with Crippen LogP contribution in [0.5, 0.6) is 5.75 Å². The van der Waals surface area contributed by atoms with Crippen molar-refractivity contribution in [1.29, 1.82) is 0 Å². The third-order valence-electron chi connectivity index (χ3n) is 4.77. The minimum atomic E-state index is -4.50. The highest BCUT2D eigenvalue weighted by molar-refractivity contribution is 5.95. The molecule has 0 radical (unpaired) electrons. The summed E-state index contributed by atoms with van der Waals surface area (Å²) >= 11 is 0. The number of halogens is 4. The molecule has 0 saturated carbocycles. The lowest BCUT2D eigenvalue weighted by Gasteiger charge is -2.15. The van der Waals surface area contributed by atoms with Crippen molar-refractivity contribution in [2.45, 2.75) is 32.0 Å². The number of ether oxygens (including phenoxy) is 1. The SMILES string of the molecule is CC(C)c1c(C(=O)NCC(O)COc2cccc(C(F)(F)F)c2)cnn1-c1ccc(F)cc1. The van der Waals surface area contributed by atoms with Crippen LogP contribution >= 0.6 is 0 Å². The van der Waals surface area contributed by atoms with Gasteiger partial charge in [0.2, 0.25) is 0 Å². The Kier molecular flexibility index (Phi) is 7.37. The summed E-state index contributed by atoms with van der Waals surface area (Å²) in [6.07, 6.45) is -4.27. The molecule has 0 aliphatic heterocycles. The lowest BCUT2D eigenvalue weighted by Crippen LogP contribution is -2.35. The fourth-order valence-electron chi connectivity index (χ4n) is 3.20. The fraction of sp³-hybridized carbons (Fsp3) is 0.304. The molecule has 1 unspecified atom stereocenters. The standard InChI is InChI=1S/C23H23F4N3O3/c1-14(2)21-20(12-29-30(21)17-8-6-16(24)7-9-17)22(32)28-11-18(31)13-33-19-5-3-4-15(10-19)23(25,26)27/h3-10,12,14,18,31H,11,13H2,1-2H3,(H,28,32). The van der Waals surface area contributed by atoms with Crippen molar-refractivity contribution >= 4 is 5.91 Å². The summed E-state index contributed by atoms with van der Waals surface area (Å²) < 4.78 is 58.3. The van der Waals surface area contributed by atoms with E-state index in [1.54, 1.807) is 16.8 Å². The molecule has 0 spiro atoms. The van der Waals surface area contributed by atoms with Crippen LogP contribution in [0.25, 0.3) is 5.69 Å². The molecule has 0 bridgehead atoms. The number of aliphatic hydroxyl groups is 1. The van der Waals surface area contributed by atoms with Crippen LogP contribution in [0.4, 0.5) is 17.6 Å². The van der Waals surface area contributed by atoms with Gasteiger partial charge in [0.05, 0.1) is 28.7 Å². The van der Waals surface area contributed by atoms with Crippen molar-refractivity contribution in [2.75, 3.05) is 13.2 Å². The van der Waals surface area contributed by atoms with Crippen LogP contribution in [-0.4, -0.2) is 40.0 Å². The van der Waals surface area contributed by atoms with Crippen LogP contribution in [0, 0.1) is 5.82 Å². The zero-order valence-electron chi connectivity index (χ0n) is 17.9. The van der Waals surface area contributed by atoms with Crippen molar-refractivity contribution in [2.24, 2.45) is 0 Å². The zero-order valence-corrected chi connectivity index (χ0v) is 17.9. The average molecular weight is 465 g/mol. The predicted octanol–water partition coefficient (Wildman–Crippen LogP) is 4.32. The summed E-state index contributed by atoms with van der Waals surface area (Å²) in [6.45, 7) is 3.27. The number of alkyl halides is 3. The minimum absolute atomic E-state index is 0.0436. The van der Waals surface area contributed by atoms with Crippen molar-refractivity contribution in [3.8, 4) is 11.4 Å². The molecule has 0 saturated heterocycles. The molecule has 0 aliphatic carbocycles. The van der Waals surface area contributed by atoms with Crippen LogP contribution < -0.4 is 10.1 Å². The Morgan fingerprint density at radius 2 is 1.88 bits per heavy atom. The van der Waals surface area contributed by atoms with Crippen molar-refractivity contribution in [3.05, 3.63) is 77.4 Å². The van der Waals surface area contributed by atoms with E-state index in [9.17, 15) is 27.5 Å². The first-order valence-corrected chi connectivity index (χ1v) is 10.2. The predicted molar refractivity (Wildman–Crippen MR) is 113 cm³/mol. The van der Waals surface area contributed by atoms with Gasteiger partial charge in [-0.1, -0.05) is 19.9 Å². The summed E-state index contributed by atoms with van der Waals surface area (Å²) in [6, 6.07) is 9.99. The second-order valence-electron chi connectivity index (χ2n) is 7.69. The number of carbonyl (C=O) groups excluding carboxylic acids is 1. The molecule has 33 heavy (non-hydrogen) atoms. The van der Waals surface area contributed by atoms with E-state index >= 15 is 0 Å². The number of hydrogen-bond donors (Lipinski definition) is 2. The lowest BCUT2D eigenvalue weighted by atomic mass is 10.0. The molecule has 3 rings (SSSR count). The van der Waals surface area contributed by atoms with Crippen molar-refractivity contribution in [1.82, 2.24) is 15.1 Å². The largest absolute Gasteiger partial charge is 0.491 e. The maximum absolute atomic E-state index is 13.2. The molecule has 2 aromatic carbocycles. The van der Waals surface area contributed by atoms with E-state index in [0.29, 0.717) is 16.9 Å². The van der Waals surface area contributed by atoms with Crippen molar-refractivity contribution < 1.29 is 32.2 Å². The van der Waals surface area contributed by atoms with Crippen LogP contribution in [-0.2, 0) is 6.18 Å². The zero-order chi connectivity index (χ0) is 24.2. The number of aromatic nitrogens is 2. The number of carbonyl (C=O) groups is 1. The van der Waals surface area contributed by atoms with Gasteiger partial charge in [0, 0.05) is 6.54 Å². The van der Waals surface area contributed by atoms with Gasteiger partial charge in [-0.25, -0.2) is 9.07 Å². The summed E-state index contributed by atoms with van der Waals surface area (Å²) in [7, 11) is 0. The van der Waals surface area contributed by atoms with Crippen molar-refractivity contribution in [3.63, 3.8) is 0 Å². The Morgan fingerprint density at radius 3 is 2.52 bits per heavy atom. The number of rotatable bonds is 8. The molecule has 1 amide bonds. The van der Waals surface area contributed by atoms with Crippen LogP contribution in [0.3, 0.4) is 0 Å². The first kappa shape index (κ1) is 24.2. The molecule has 6 nitrogen and oxygen atoms in total. The molecular formula is C23H23F4N3O3. The normalized spacial score (nSPS) is 12.6. The van der Waals surface area contributed by atoms with Gasteiger partial charge >= 0.3 is 6.18 Å². The van der Waals surface area contributed by atoms with Gasteiger partial charge in [-0.3, -0.25) is 4.79 Å². The molecule has 1 atom stereocenters. The van der Waals surface area contributed by atoms with E-state index in [2.05, 4.69) is 10.4 Å². The molecule has 1 aromatic heterocycles. The van der Waals surface area contributed by atoms with Gasteiger partial charge in [0.25, 0.3) is 5.91 Å². The Hall–Kier alpha value is -3.40. The van der Waals surface area contributed by atoms with E-state index < -0.39 is 29.6 Å². The quantitative estimate of drug-likeness (QED) is 0.486. The molecular weight excluding hydrogens is 442 g/mol. The van der Waals surface area contributed by atoms with E-state index in [-0.39, 0.29) is 24.8 Å². The van der Waals surface area contributed by atoms with E-state index in [1.165, 1.54) is 30.5 Å².